The highest BCUT2D eigenvalue weighted by atomic mass is 19.1. The van der Waals surface area contributed by atoms with Gasteiger partial charge in [-0.3, -0.25) is 9.80 Å². The van der Waals surface area contributed by atoms with Crippen LogP contribution < -0.4 is 4.74 Å². The van der Waals surface area contributed by atoms with Gasteiger partial charge >= 0.3 is 5.97 Å². The third kappa shape index (κ3) is 6.32. The van der Waals surface area contributed by atoms with Crippen molar-refractivity contribution in [3.63, 3.8) is 0 Å². The highest BCUT2D eigenvalue weighted by molar-refractivity contribution is 5.70. The second-order valence-corrected chi connectivity index (χ2v) is 7.04. The molecule has 150 valence electrons. The monoisotopic (exact) mass is 386 g/mol. The molecule has 3 rings (SSSR count). The number of hydrogen-bond acceptors (Lipinski definition) is 5. The Morgan fingerprint density at radius 2 is 1.43 bits per heavy atom. The van der Waals surface area contributed by atoms with E-state index in [4.69, 9.17) is 4.74 Å². The molecule has 0 saturated carbocycles. The zero-order valence-corrected chi connectivity index (χ0v) is 16.3. The summed E-state index contributed by atoms with van der Waals surface area (Å²) in [7, 11) is 1.34. The molecule has 2 aromatic carbocycles. The van der Waals surface area contributed by atoms with Gasteiger partial charge in [-0.05, 0) is 54.9 Å². The van der Waals surface area contributed by atoms with E-state index < -0.39 is 0 Å². The van der Waals surface area contributed by atoms with Crippen LogP contribution in [0.4, 0.5) is 4.39 Å². The third-order valence-corrected chi connectivity index (χ3v) is 4.91. The van der Waals surface area contributed by atoms with Crippen molar-refractivity contribution in [1.29, 1.82) is 0 Å². The number of carbonyl (C=O) groups excluding carboxylic acids is 1. The quantitative estimate of drug-likeness (QED) is 0.684. The van der Waals surface area contributed by atoms with Gasteiger partial charge in [0.25, 0.3) is 0 Å². The molecule has 2 aromatic rings. The standard InChI is InChI=1S/C22H27FN2O3/c1-27-22(26)17-28-21-9-5-19(6-10-21)16-25-12-2-11-24(13-14-25)15-18-3-7-20(23)8-4-18/h3-10H,2,11-17H2,1H3. The second-order valence-electron chi connectivity index (χ2n) is 7.04. The summed E-state index contributed by atoms with van der Waals surface area (Å²) in [6.07, 6.45) is 1.11. The van der Waals surface area contributed by atoms with Crippen LogP contribution in [0.5, 0.6) is 5.75 Å². The SMILES string of the molecule is COC(=O)COc1ccc(CN2CCCN(Cc3ccc(F)cc3)CC2)cc1. The Morgan fingerprint density at radius 3 is 1.96 bits per heavy atom. The predicted octanol–water partition coefficient (Wildman–Crippen LogP) is 3.09. The predicted molar refractivity (Wildman–Crippen MR) is 106 cm³/mol. The lowest BCUT2D eigenvalue weighted by molar-refractivity contribution is -0.142. The molecule has 1 heterocycles. The molecular formula is C22H27FN2O3. The molecule has 0 unspecified atom stereocenters. The van der Waals surface area contributed by atoms with Gasteiger partial charge in [0.2, 0.25) is 0 Å². The molecule has 28 heavy (non-hydrogen) atoms. The van der Waals surface area contributed by atoms with Gasteiger partial charge in [0, 0.05) is 26.2 Å². The first-order chi connectivity index (χ1) is 13.6. The van der Waals surface area contributed by atoms with Gasteiger partial charge in [-0.2, -0.15) is 0 Å². The molecule has 1 aliphatic rings. The van der Waals surface area contributed by atoms with Crippen molar-refractivity contribution < 1.29 is 18.7 Å². The number of hydrogen-bond donors (Lipinski definition) is 0. The molecule has 0 amide bonds. The number of ether oxygens (including phenoxy) is 2. The number of carbonyl (C=O) groups is 1. The molecule has 0 bridgehead atoms. The fourth-order valence-electron chi connectivity index (χ4n) is 3.34. The minimum atomic E-state index is -0.390. The van der Waals surface area contributed by atoms with E-state index in [0.29, 0.717) is 5.75 Å². The summed E-state index contributed by atoms with van der Waals surface area (Å²) in [5.41, 5.74) is 2.37. The lowest BCUT2D eigenvalue weighted by atomic mass is 10.2. The Balaban J connectivity index is 1.46. The van der Waals surface area contributed by atoms with E-state index in [0.717, 1.165) is 51.3 Å². The van der Waals surface area contributed by atoms with Gasteiger partial charge in [-0.15, -0.1) is 0 Å². The van der Waals surface area contributed by atoms with Crippen LogP contribution in [0, 0.1) is 5.82 Å². The molecule has 0 atom stereocenters. The molecule has 0 spiro atoms. The first-order valence-electron chi connectivity index (χ1n) is 9.60. The fourth-order valence-corrected chi connectivity index (χ4v) is 3.34. The van der Waals surface area contributed by atoms with Crippen LogP contribution in [0.3, 0.4) is 0 Å². The molecule has 6 heteroatoms. The summed E-state index contributed by atoms with van der Waals surface area (Å²) < 4.78 is 23.0. The lowest BCUT2D eigenvalue weighted by Gasteiger charge is -2.22. The lowest BCUT2D eigenvalue weighted by Crippen LogP contribution is -2.30. The van der Waals surface area contributed by atoms with Crippen LogP contribution in [0.2, 0.25) is 0 Å². The smallest absolute Gasteiger partial charge is 0.343 e. The highest BCUT2D eigenvalue weighted by Crippen LogP contribution is 2.16. The topological polar surface area (TPSA) is 42.0 Å². The number of halogens is 1. The van der Waals surface area contributed by atoms with E-state index in [1.807, 2.05) is 36.4 Å². The van der Waals surface area contributed by atoms with Crippen LogP contribution in [-0.4, -0.2) is 55.7 Å². The summed E-state index contributed by atoms with van der Waals surface area (Å²) in [5.74, 6) is 0.0850. The van der Waals surface area contributed by atoms with Crippen molar-refractivity contribution in [3.8, 4) is 5.75 Å². The van der Waals surface area contributed by atoms with Gasteiger partial charge in [-0.1, -0.05) is 24.3 Å². The van der Waals surface area contributed by atoms with E-state index in [-0.39, 0.29) is 18.4 Å². The van der Waals surface area contributed by atoms with Crippen molar-refractivity contribution in [2.24, 2.45) is 0 Å². The van der Waals surface area contributed by atoms with Crippen LogP contribution in [-0.2, 0) is 22.6 Å². The first kappa shape index (κ1) is 20.3. The minimum absolute atomic E-state index is 0.0775. The van der Waals surface area contributed by atoms with Crippen molar-refractivity contribution in [2.45, 2.75) is 19.5 Å². The van der Waals surface area contributed by atoms with Gasteiger partial charge in [0.15, 0.2) is 6.61 Å². The Bertz CT molecular complexity index is 749. The zero-order valence-electron chi connectivity index (χ0n) is 16.3. The van der Waals surface area contributed by atoms with Gasteiger partial charge in [-0.25, -0.2) is 9.18 Å². The van der Waals surface area contributed by atoms with Crippen molar-refractivity contribution in [3.05, 3.63) is 65.5 Å². The minimum Gasteiger partial charge on any atom is -0.482 e. The Morgan fingerprint density at radius 1 is 0.893 bits per heavy atom. The van der Waals surface area contributed by atoms with E-state index in [2.05, 4.69) is 14.5 Å². The largest absolute Gasteiger partial charge is 0.482 e. The van der Waals surface area contributed by atoms with Gasteiger partial charge in [0.05, 0.1) is 7.11 Å². The average molecular weight is 386 g/mol. The normalized spacial score (nSPS) is 15.8. The number of nitrogens with zero attached hydrogens (tertiary/aromatic N) is 2. The molecule has 0 aromatic heterocycles. The molecule has 1 fully saturated rings. The number of rotatable bonds is 7. The summed E-state index contributed by atoms with van der Waals surface area (Å²) in [5, 5.41) is 0. The maximum atomic E-state index is 13.1. The number of methoxy groups -OCH3 is 1. The van der Waals surface area contributed by atoms with E-state index in [1.165, 1.54) is 24.8 Å². The molecule has 0 N–H and O–H groups in total. The molecule has 0 aliphatic carbocycles. The van der Waals surface area contributed by atoms with Crippen molar-refractivity contribution >= 4 is 5.97 Å². The maximum absolute atomic E-state index is 13.1. The summed E-state index contributed by atoms with van der Waals surface area (Å²) in [4.78, 5) is 16.0. The first-order valence-corrected chi connectivity index (χ1v) is 9.60. The number of esters is 1. The van der Waals surface area contributed by atoms with Crippen LogP contribution in [0.15, 0.2) is 48.5 Å². The highest BCUT2D eigenvalue weighted by Gasteiger charge is 2.15. The van der Waals surface area contributed by atoms with Gasteiger partial charge in [0.1, 0.15) is 11.6 Å². The molecular weight excluding hydrogens is 359 g/mol. The summed E-state index contributed by atoms with van der Waals surface area (Å²) in [6.45, 7) is 5.78. The fraction of sp³-hybridized carbons (Fsp3) is 0.409. The maximum Gasteiger partial charge on any atom is 0.343 e. The Hall–Kier alpha value is -2.44. The summed E-state index contributed by atoms with van der Waals surface area (Å²) >= 11 is 0. The third-order valence-electron chi connectivity index (χ3n) is 4.91. The van der Waals surface area contributed by atoms with E-state index in [1.54, 1.807) is 0 Å². The summed E-state index contributed by atoms with van der Waals surface area (Å²) in [6, 6.07) is 14.6. The second kappa shape index (κ2) is 10.2. The van der Waals surface area contributed by atoms with Crippen LogP contribution in [0.1, 0.15) is 17.5 Å². The van der Waals surface area contributed by atoms with Crippen LogP contribution in [0.25, 0.3) is 0 Å². The molecule has 1 aliphatic heterocycles. The number of benzene rings is 2. The van der Waals surface area contributed by atoms with Gasteiger partial charge < -0.3 is 9.47 Å². The average Bonchev–Trinajstić information content (AvgIpc) is 2.94. The van der Waals surface area contributed by atoms with E-state index in [9.17, 15) is 9.18 Å². The zero-order chi connectivity index (χ0) is 19.8. The Labute approximate surface area is 165 Å². The molecule has 1 saturated heterocycles. The molecule has 0 radical (unpaired) electrons. The Kier molecular flexibility index (Phi) is 7.39. The molecule has 5 nitrogen and oxygen atoms in total. The van der Waals surface area contributed by atoms with Crippen molar-refractivity contribution in [2.75, 3.05) is 39.9 Å². The van der Waals surface area contributed by atoms with Crippen molar-refractivity contribution in [1.82, 2.24) is 9.80 Å². The van der Waals surface area contributed by atoms with E-state index >= 15 is 0 Å². The van der Waals surface area contributed by atoms with Crippen LogP contribution >= 0.6 is 0 Å².